The van der Waals surface area contributed by atoms with Gasteiger partial charge in [0.05, 0.1) is 9.85 Å². The highest BCUT2D eigenvalue weighted by Gasteiger charge is 2.10. The molecule has 0 amide bonds. The predicted molar refractivity (Wildman–Crippen MR) is 99.6 cm³/mol. The van der Waals surface area contributed by atoms with E-state index in [1.807, 2.05) is 36.4 Å². The summed E-state index contributed by atoms with van der Waals surface area (Å²) >= 11 is 0. The fourth-order valence-electron chi connectivity index (χ4n) is 2.57. The fourth-order valence-corrected chi connectivity index (χ4v) is 2.57. The van der Waals surface area contributed by atoms with Crippen molar-refractivity contribution >= 4 is 23.0 Å². The molecular formula is C20H14N2O4. The number of nitro groups is 2. The highest BCUT2D eigenvalue weighted by atomic mass is 16.6. The van der Waals surface area contributed by atoms with Crippen LogP contribution in [0.2, 0.25) is 0 Å². The Morgan fingerprint density at radius 2 is 1.12 bits per heavy atom. The number of rotatable bonds is 5. The molecule has 0 aromatic heterocycles. The van der Waals surface area contributed by atoms with Crippen molar-refractivity contribution in [2.45, 2.75) is 0 Å². The molecule has 0 aliphatic rings. The van der Waals surface area contributed by atoms with Gasteiger partial charge in [-0.05, 0) is 52.6 Å². The van der Waals surface area contributed by atoms with Gasteiger partial charge in [-0.2, -0.15) is 0 Å². The van der Waals surface area contributed by atoms with E-state index in [4.69, 9.17) is 0 Å². The van der Waals surface area contributed by atoms with Crippen LogP contribution in [0.3, 0.4) is 0 Å². The summed E-state index contributed by atoms with van der Waals surface area (Å²) in [6, 6.07) is 22.2. The van der Waals surface area contributed by atoms with Crippen molar-refractivity contribution in [2.75, 3.05) is 0 Å². The number of hydrogen-bond donors (Lipinski definition) is 0. The lowest BCUT2D eigenvalue weighted by molar-refractivity contribution is -0.385. The molecular weight excluding hydrogens is 332 g/mol. The van der Waals surface area contributed by atoms with Gasteiger partial charge in [0.2, 0.25) is 0 Å². The van der Waals surface area contributed by atoms with Crippen molar-refractivity contribution in [1.29, 1.82) is 0 Å². The van der Waals surface area contributed by atoms with E-state index in [0.717, 1.165) is 22.3 Å². The third-order valence-corrected chi connectivity index (χ3v) is 3.89. The Morgan fingerprint density at radius 3 is 1.62 bits per heavy atom. The van der Waals surface area contributed by atoms with Crippen LogP contribution in [0.5, 0.6) is 0 Å². The largest absolute Gasteiger partial charge is 0.269 e. The highest BCUT2D eigenvalue weighted by Crippen LogP contribution is 2.28. The average Bonchev–Trinajstić information content (AvgIpc) is 2.67. The number of nitro benzene ring substituents is 2. The number of benzene rings is 3. The summed E-state index contributed by atoms with van der Waals surface area (Å²) in [5.41, 5.74) is 3.48. The molecule has 26 heavy (non-hydrogen) atoms. The van der Waals surface area contributed by atoms with E-state index in [2.05, 4.69) is 0 Å². The van der Waals surface area contributed by atoms with E-state index >= 15 is 0 Å². The molecule has 0 fully saturated rings. The van der Waals surface area contributed by atoms with Crippen LogP contribution in [-0.2, 0) is 0 Å². The van der Waals surface area contributed by atoms with Gasteiger partial charge in [-0.1, -0.05) is 30.3 Å². The van der Waals surface area contributed by atoms with Crippen LogP contribution in [0, 0.1) is 20.2 Å². The molecule has 3 rings (SSSR count). The van der Waals surface area contributed by atoms with Crippen molar-refractivity contribution in [3.8, 4) is 0 Å². The van der Waals surface area contributed by atoms with Crippen LogP contribution in [0.25, 0.3) is 11.6 Å². The molecule has 0 unspecified atom stereocenters. The summed E-state index contributed by atoms with van der Waals surface area (Å²) < 4.78 is 0. The predicted octanol–water partition coefficient (Wildman–Crippen LogP) is 5.09. The second-order valence-electron chi connectivity index (χ2n) is 5.58. The van der Waals surface area contributed by atoms with Gasteiger partial charge in [-0.25, -0.2) is 0 Å². The second-order valence-corrected chi connectivity index (χ2v) is 5.58. The average molecular weight is 346 g/mol. The zero-order chi connectivity index (χ0) is 18.5. The quantitative estimate of drug-likeness (QED) is 0.366. The third kappa shape index (κ3) is 3.81. The first-order valence-corrected chi connectivity index (χ1v) is 7.81. The van der Waals surface area contributed by atoms with Gasteiger partial charge in [-0.3, -0.25) is 20.2 Å². The smallest absolute Gasteiger partial charge is 0.258 e. The lowest BCUT2D eigenvalue weighted by atomic mass is 9.95. The van der Waals surface area contributed by atoms with E-state index in [9.17, 15) is 20.2 Å². The van der Waals surface area contributed by atoms with E-state index < -0.39 is 9.85 Å². The topological polar surface area (TPSA) is 86.3 Å². The Morgan fingerprint density at radius 1 is 0.654 bits per heavy atom. The van der Waals surface area contributed by atoms with Crippen molar-refractivity contribution in [2.24, 2.45) is 0 Å². The van der Waals surface area contributed by atoms with Crippen molar-refractivity contribution in [3.05, 3.63) is 116 Å². The van der Waals surface area contributed by atoms with Gasteiger partial charge < -0.3 is 0 Å². The molecule has 6 nitrogen and oxygen atoms in total. The molecule has 0 N–H and O–H groups in total. The minimum Gasteiger partial charge on any atom is -0.258 e. The Balaban J connectivity index is 2.06. The van der Waals surface area contributed by atoms with Crippen molar-refractivity contribution in [3.63, 3.8) is 0 Å². The molecule has 128 valence electrons. The Bertz CT molecular complexity index is 963. The van der Waals surface area contributed by atoms with Gasteiger partial charge >= 0.3 is 0 Å². The molecule has 0 saturated heterocycles. The Labute approximate surface area is 149 Å². The number of nitrogens with zero attached hydrogens (tertiary/aromatic N) is 2. The summed E-state index contributed by atoms with van der Waals surface area (Å²) in [4.78, 5) is 20.8. The van der Waals surface area contributed by atoms with Gasteiger partial charge in [0.25, 0.3) is 11.4 Å². The maximum atomic E-state index is 10.9. The highest BCUT2D eigenvalue weighted by molar-refractivity contribution is 5.91. The first-order chi connectivity index (χ1) is 12.5. The SMILES string of the molecule is O=[N+]([O-])c1ccc(C=C(c2ccccc2)c2ccc([N+](=O)[O-])cc2)cc1. The number of non-ortho nitro benzene ring substituents is 2. The Kier molecular flexibility index (Phi) is 4.85. The third-order valence-electron chi connectivity index (χ3n) is 3.89. The van der Waals surface area contributed by atoms with E-state index in [0.29, 0.717) is 0 Å². The molecule has 0 bridgehead atoms. The van der Waals surface area contributed by atoms with E-state index in [1.165, 1.54) is 24.3 Å². The molecule has 3 aromatic rings. The molecule has 0 radical (unpaired) electrons. The lowest BCUT2D eigenvalue weighted by Gasteiger charge is -2.09. The molecule has 0 heterocycles. The normalized spacial score (nSPS) is 11.2. The summed E-state index contributed by atoms with van der Waals surface area (Å²) in [5, 5.41) is 21.7. The van der Waals surface area contributed by atoms with Crippen molar-refractivity contribution in [1.82, 2.24) is 0 Å². The molecule has 3 aromatic carbocycles. The van der Waals surface area contributed by atoms with Crippen LogP contribution in [0.15, 0.2) is 78.9 Å². The van der Waals surface area contributed by atoms with Crippen LogP contribution in [0.1, 0.15) is 16.7 Å². The van der Waals surface area contributed by atoms with Gasteiger partial charge in [0.1, 0.15) is 0 Å². The van der Waals surface area contributed by atoms with E-state index in [1.54, 1.807) is 24.3 Å². The minimum absolute atomic E-state index is 0.0245. The summed E-state index contributed by atoms with van der Waals surface area (Å²) in [7, 11) is 0. The number of hydrogen-bond acceptors (Lipinski definition) is 4. The zero-order valence-corrected chi connectivity index (χ0v) is 13.6. The maximum Gasteiger partial charge on any atom is 0.269 e. The minimum atomic E-state index is -0.443. The monoisotopic (exact) mass is 346 g/mol. The van der Waals surface area contributed by atoms with Crippen LogP contribution in [-0.4, -0.2) is 9.85 Å². The van der Waals surface area contributed by atoms with Crippen LogP contribution in [0.4, 0.5) is 11.4 Å². The van der Waals surface area contributed by atoms with Crippen LogP contribution >= 0.6 is 0 Å². The van der Waals surface area contributed by atoms with Gasteiger partial charge in [0.15, 0.2) is 0 Å². The molecule has 6 heteroatoms. The maximum absolute atomic E-state index is 10.9. The summed E-state index contributed by atoms with van der Waals surface area (Å²) in [6.07, 6.45) is 1.90. The van der Waals surface area contributed by atoms with Gasteiger partial charge in [-0.15, -0.1) is 0 Å². The molecule has 0 aliphatic carbocycles. The van der Waals surface area contributed by atoms with Crippen molar-refractivity contribution < 1.29 is 9.85 Å². The lowest BCUT2D eigenvalue weighted by Crippen LogP contribution is -1.91. The molecule has 0 aliphatic heterocycles. The van der Waals surface area contributed by atoms with Crippen LogP contribution < -0.4 is 0 Å². The van der Waals surface area contributed by atoms with E-state index in [-0.39, 0.29) is 11.4 Å². The zero-order valence-electron chi connectivity index (χ0n) is 13.6. The first-order valence-electron chi connectivity index (χ1n) is 7.81. The second kappa shape index (κ2) is 7.40. The van der Waals surface area contributed by atoms with Gasteiger partial charge in [0, 0.05) is 24.3 Å². The summed E-state index contributed by atoms with van der Waals surface area (Å²) in [5.74, 6) is 0. The molecule has 0 saturated carbocycles. The molecule has 0 atom stereocenters. The molecule has 0 spiro atoms. The fraction of sp³-hybridized carbons (Fsp3) is 0. The Hall–Kier alpha value is -3.80. The standard InChI is InChI=1S/C20H14N2O4/c23-21(24)18-10-6-15(7-11-18)14-20(16-4-2-1-3-5-16)17-8-12-19(13-9-17)22(25)26/h1-14H. The summed E-state index contributed by atoms with van der Waals surface area (Å²) in [6.45, 7) is 0. The first kappa shape index (κ1) is 17.0.